The molecule has 2 saturated heterocycles. The van der Waals surface area contributed by atoms with Crippen LogP contribution in [0.25, 0.3) is 0 Å². The van der Waals surface area contributed by atoms with E-state index in [9.17, 15) is 0 Å². The second-order valence-corrected chi connectivity index (χ2v) is 7.01. The third kappa shape index (κ3) is 5.60. The lowest BCUT2D eigenvalue weighted by molar-refractivity contribution is 0.0191. The molecule has 1 aromatic rings. The molecule has 0 aliphatic carbocycles. The topological polar surface area (TPSA) is 75.9 Å². The van der Waals surface area contributed by atoms with Gasteiger partial charge in [0.2, 0.25) is 0 Å². The molecule has 0 saturated carbocycles. The van der Waals surface area contributed by atoms with E-state index < -0.39 is 0 Å². The lowest BCUT2D eigenvalue weighted by Gasteiger charge is -2.34. The third-order valence-electron chi connectivity index (χ3n) is 4.91. The highest BCUT2D eigenvalue weighted by Gasteiger charge is 2.21. The number of piperidine rings is 1. The summed E-state index contributed by atoms with van der Waals surface area (Å²) in [5.41, 5.74) is 1.18. The zero-order chi connectivity index (χ0) is 18.2. The Morgan fingerprint density at radius 1 is 1.42 bits per heavy atom. The fraction of sp³-hybridized carbons (Fsp3) is 0.778. The van der Waals surface area contributed by atoms with Crippen molar-refractivity contribution in [3.8, 4) is 0 Å². The SMILES string of the molecule is CN=C(NCCOCC1CCCO1)NC1CCCN(c2cnn(C)c2)C1. The van der Waals surface area contributed by atoms with Gasteiger partial charge in [0.25, 0.3) is 0 Å². The quantitative estimate of drug-likeness (QED) is 0.422. The minimum Gasteiger partial charge on any atom is -0.377 e. The molecule has 2 fully saturated rings. The molecule has 0 aromatic carbocycles. The molecule has 0 spiro atoms. The molecule has 1 aromatic heterocycles. The van der Waals surface area contributed by atoms with Gasteiger partial charge in [0.05, 0.1) is 31.2 Å². The molecule has 8 heteroatoms. The van der Waals surface area contributed by atoms with Gasteiger partial charge in [-0.05, 0) is 25.7 Å². The standard InChI is InChI=1S/C18H32N6O2/c1-19-18(20-7-10-25-14-17-6-4-9-26-17)22-15-5-3-8-24(12-15)16-11-21-23(2)13-16/h11,13,15,17H,3-10,12,14H2,1-2H3,(H2,19,20,22). The van der Waals surface area contributed by atoms with Crippen molar-refractivity contribution >= 4 is 11.6 Å². The average Bonchev–Trinajstić information content (AvgIpc) is 3.32. The largest absolute Gasteiger partial charge is 0.377 e. The van der Waals surface area contributed by atoms with Crippen molar-refractivity contribution in [2.75, 3.05) is 51.4 Å². The number of hydrogen-bond donors (Lipinski definition) is 2. The number of anilines is 1. The van der Waals surface area contributed by atoms with Gasteiger partial charge in [-0.2, -0.15) is 5.10 Å². The van der Waals surface area contributed by atoms with E-state index in [4.69, 9.17) is 9.47 Å². The van der Waals surface area contributed by atoms with E-state index in [0.717, 1.165) is 57.9 Å². The van der Waals surface area contributed by atoms with Crippen LogP contribution in [0.1, 0.15) is 25.7 Å². The predicted octanol–water partition coefficient (Wildman–Crippen LogP) is 0.750. The Balaban J connectivity index is 1.35. The number of rotatable bonds is 7. The average molecular weight is 364 g/mol. The Labute approximate surface area is 155 Å². The molecule has 2 atom stereocenters. The molecular weight excluding hydrogens is 332 g/mol. The van der Waals surface area contributed by atoms with Crippen LogP contribution in [0.5, 0.6) is 0 Å². The molecule has 0 radical (unpaired) electrons. The summed E-state index contributed by atoms with van der Waals surface area (Å²) < 4.78 is 13.1. The number of aryl methyl sites for hydroxylation is 1. The van der Waals surface area contributed by atoms with Crippen LogP contribution >= 0.6 is 0 Å². The first-order valence-electron chi connectivity index (χ1n) is 9.64. The summed E-state index contributed by atoms with van der Waals surface area (Å²) in [5, 5.41) is 11.1. The van der Waals surface area contributed by atoms with Gasteiger partial charge in [0.15, 0.2) is 5.96 Å². The van der Waals surface area contributed by atoms with Crippen molar-refractivity contribution in [3.05, 3.63) is 12.4 Å². The molecule has 146 valence electrons. The van der Waals surface area contributed by atoms with Gasteiger partial charge in [0, 0.05) is 52.6 Å². The van der Waals surface area contributed by atoms with E-state index in [1.54, 1.807) is 0 Å². The number of ether oxygens (including phenoxy) is 2. The molecule has 3 heterocycles. The molecule has 0 amide bonds. The highest BCUT2D eigenvalue weighted by atomic mass is 16.5. The van der Waals surface area contributed by atoms with Crippen molar-refractivity contribution in [1.82, 2.24) is 20.4 Å². The summed E-state index contributed by atoms with van der Waals surface area (Å²) in [5.74, 6) is 0.837. The fourth-order valence-corrected chi connectivity index (χ4v) is 3.52. The Morgan fingerprint density at radius 2 is 2.35 bits per heavy atom. The van der Waals surface area contributed by atoms with Gasteiger partial charge in [-0.1, -0.05) is 0 Å². The molecule has 2 unspecified atom stereocenters. The predicted molar refractivity (Wildman–Crippen MR) is 103 cm³/mol. The Kier molecular flexibility index (Phi) is 7.13. The molecule has 0 bridgehead atoms. The highest BCUT2D eigenvalue weighted by Crippen LogP contribution is 2.18. The van der Waals surface area contributed by atoms with Crippen LogP contribution in [0.4, 0.5) is 5.69 Å². The van der Waals surface area contributed by atoms with Crippen LogP contribution in [-0.2, 0) is 16.5 Å². The molecule has 2 N–H and O–H groups in total. The first-order chi connectivity index (χ1) is 12.7. The van der Waals surface area contributed by atoms with E-state index in [2.05, 4.69) is 31.8 Å². The van der Waals surface area contributed by atoms with Crippen LogP contribution < -0.4 is 15.5 Å². The summed E-state index contributed by atoms with van der Waals surface area (Å²) >= 11 is 0. The van der Waals surface area contributed by atoms with Crippen molar-refractivity contribution in [2.24, 2.45) is 12.0 Å². The van der Waals surface area contributed by atoms with Gasteiger partial charge < -0.3 is 25.0 Å². The number of hydrogen-bond acceptors (Lipinski definition) is 5. The number of nitrogens with zero attached hydrogens (tertiary/aromatic N) is 4. The van der Waals surface area contributed by atoms with E-state index in [1.165, 1.54) is 5.69 Å². The van der Waals surface area contributed by atoms with E-state index >= 15 is 0 Å². The lowest BCUT2D eigenvalue weighted by atomic mass is 10.1. The summed E-state index contributed by atoms with van der Waals surface area (Å²) in [7, 11) is 3.76. The van der Waals surface area contributed by atoms with Gasteiger partial charge in [-0.25, -0.2) is 0 Å². The van der Waals surface area contributed by atoms with Gasteiger partial charge in [-0.15, -0.1) is 0 Å². The zero-order valence-corrected chi connectivity index (χ0v) is 16.0. The van der Waals surface area contributed by atoms with Crippen molar-refractivity contribution in [1.29, 1.82) is 0 Å². The number of nitrogens with one attached hydrogen (secondary N) is 2. The monoisotopic (exact) mass is 364 g/mol. The van der Waals surface area contributed by atoms with Crippen LogP contribution in [0.3, 0.4) is 0 Å². The van der Waals surface area contributed by atoms with E-state index in [1.807, 2.05) is 25.0 Å². The van der Waals surface area contributed by atoms with Crippen LogP contribution in [-0.4, -0.2) is 74.4 Å². The molecule has 2 aliphatic rings. The molecule has 2 aliphatic heterocycles. The van der Waals surface area contributed by atoms with Crippen molar-refractivity contribution < 1.29 is 9.47 Å². The highest BCUT2D eigenvalue weighted by molar-refractivity contribution is 5.80. The van der Waals surface area contributed by atoms with Crippen LogP contribution in [0.2, 0.25) is 0 Å². The van der Waals surface area contributed by atoms with E-state index in [0.29, 0.717) is 19.3 Å². The van der Waals surface area contributed by atoms with Gasteiger partial charge in [-0.3, -0.25) is 9.67 Å². The third-order valence-corrected chi connectivity index (χ3v) is 4.91. The Morgan fingerprint density at radius 3 is 3.08 bits per heavy atom. The molecule has 26 heavy (non-hydrogen) atoms. The number of guanidine groups is 1. The maximum absolute atomic E-state index is 5.69. The summed E-state index contributed by atoms with van der Waals surface area (Å²) in [4.78, 5) is 6.72. The zero-order valence-electron chi connectivity index (χ0n) is 16.0. The second-order valence-electron chi connectivity index (χ2n) is 7.01. The molecule has 3 rings (SSSR count). The number of aliphatic imine (C=N–C) groups is 1. The van der Waals surface area contributed by atoms with E-state index in [-0.39, 0.29) is 6.10 Å². The Hall–Kier alpha value is -1.80. The maximum Gasteiger partial charge on any atom is 0.191 e. The first kappa shape index (κ1) is 19.0. The second kappa shape index (κ2) is 9.78. The summed E-state index contributed by atoms with van der Waals surface area (Å²) in [6.45, 7) is 5.00. The molecule has 8 nitrogen and oxygen atoms in total. The lowest BCUT2D eigenvalue weighted by Crippen LogP contribution is -2.51. The minimum absolute atomic E-state index is 0.285. The first-order valence-corrected chi connectivity index (χ1v) is 9.64. The van der Waals surface area contributed by atoms with Crippen molar-refractivity contribution in [3.63, 3.8) is 0 Å². The summed E-state index contributed by atoms with van der Waals surface area (Å²) in [6, 6.07) is 0.378. The Bertz CT molecular complexity index is 570. The summed E-state index contributed by atoms with van der Waals surface area (Å²) in [6.07, 6.45) is 8.86. The maximum atomic E-state index is 5.69. The molecular formula is C18H32N6O2. The van der Waals surface area contributed by atoms with Gasteiger partial charge >= 0.3 is 0 Å². The normalized spacial score (nSPS) is 24.1. The van der Waals surface area contributed by atoms with Crippen molar-refractivity contribution in [2.45, 2.75) is 37.8 Å². The van der Waals surface area contributed by atoms with Crippen LogP contribution in [0, 0.1) is 0 Å². The minimum atomic E-state index is 0.285. The van der Waals surface area contributed by atoms with Crippen LogP contribution in [0.15, 0.2) is 17.4 Å². The fourth-order valence-electron chi connectivity index (χ4n) is 3.52. The smallest absolute Gasteiger partial charge is 0.191 e. The van der Waals surface area contributed by atoms with Gasteiger partial charge in [0.1, 0.15) is 0 Å². The number of aromatic nitrogens is 2.